The van der Waals surface area contributed by atoms with E-state index in [0.29, 0.717) is 5.75 Å². The van der Waals surface area contributed by atoms with Crippen molar-refractivity contribution in [2.45, 2.75) is 0 Å². The van der Waals surface area contributed by atoms with Crippen molar-refractivity contribution in [3.05, 3.63) is 58.9 Å². The number of carbonyl (C=O) groups is 3. The van der Waals surface area contributed by atoms with Crippen molar-refractivity contribution in [2.24, 2.45) is 0 Å². The van der Waals surface area contributed by atoms with Crippen molar-refractivity contribution in [1.82, 2.24) is 10.3 Å². The Balaban J connectivity index is 1.91. The van der Waals surface area contributed by atoms with E-state index in [9.17, 15) is 14.4 Å². The minimum atomic E-state index is -0.764. The van der Waals surface area contributed by atoms with Crippen LogP contribution in [0.1, 0.15) is 20.7 Å². The van der Waals surface area contributed by atoms with Crippen molar-refractivity contribution >= 4 is 29.4 Å². The van der Waals surface area contributed by atoms with Crippen LogP contribution < -0.4 is 10.1 Å². The molecule has 0 aliphatic rings. The van der Waals surface area contributed by atoms with Gasteiger partial charge in [0.2, 0.25) is 0 Å². The molecule has 7 nitrogen and oxygen atoms in total. The Morgan fingerprint density at radius 2 is 1.96 bits per heavy atom. The number of hydrogen-bond acceptors (Lipinski definition) is 6. The number of methoxy groups -OCH3 is 1. The highest BCUT2D eigenvalue weighted by Crippen LogP contribution is 2.16. The van der Waals surface area contributed by atoms with Gasteiger partial charge < -0.3 is 9.47 Å². The predicted molar refractivity (Wildman–Crippen MR) is 85.0 cm³/mol. The van der Waals surface area contributed by atoms with Gasteiger partial charge in [0.15, 0.2) is 6.61 Å². The molecule has 0 aliphatic carbocycles. The monoisotopic (exact) mass is 348 g/mol. The first kappa shape index (κ1) is 17.4. The summed E-state index contributed by atoms with van der Waals surface area (Å²) in [6, 6.07) is 9.13. The Hall–Kier alpha value is -2.93. The van der Waals surface area contributed by atoms with E-state index in [1.54, 1.807) is 18.2 Å². The van der Waals surface area contributed by atoms with E-state index in [4.69, 9.17) is 21.1 Å². The zero-order valence-electron chi connectivity index (χ0n) is 12.6. The van der Waals surface area contributed by atoms with Crippen LogP contribution >= 0.6 is 11.6 Å². The number of nitrogens with zero attached hydrogens (tertiary/aromatic N) is 1. The Morgan fingerprint density at radius 3 is 2.67 bits per heavy atom. The average molecular weight is 349 g/mol. The number of amides is 2. The second-order valence-electron chi connectivity index (χ2n) is 4.52. The molecule has 0 bridgehead atoms. The van der Waals surface area contributed by atoms with Crippen LogP contribution in [0.15, 0.2) is 42.6 Å². The van der Waals surface area contributed by atoms with Gasteiger partial charge in [0.1, 0.15) is 10.9 Å². The summed E-state index contributed by atoms with van der Waals surface area (Å²) in [6.07, 6.45) is 1.34. The third kappa shape index (κ3) is 4.53. The number of esters is 1. The number of para-hydroxylation sites is 1. The molecular weight excluding hydrogens is 336 g/mol. The molecule has 0 fully saturated rings. The molecule has 8 heteroatoms. The quantitative estimate of drug-likeness (QED) is 0.654. The van der Waals surface area contributed by atoms with Gasteiger partial charge in [-0.1, -0.05) is 23.7 Å². The van der Waals surface area contributed by atoms with Gasteiger partial charge in [0.25, 0.3) is 11.8 Å². The molecule has 24 heavy (non-hydrogen) atoms. The number of benzene rings is 1. The Bertz CT molecular complexity index is 779. The van der Waals surface area contributed by atoms with Gasteiger partial charge in [-0.3, -0.25) is 14.9 Å². The van der Waals surface area contributed by atoms with Crippen LogP contribution in [0.5, 0.6) is 5.75 Å². The molecule has 1 heterocycles. The van der Waals surface area contributed by atoms with Crippen LogP contribution in [-0.2, 0) is 9.53 Å². The van der Waals surface area contributed by atoms with Gasteiger partial charge in [0.05, 0.1) is 18.2 Å². The summed E-state index contributed by atoms with van der Waals surface area (Å²) in [5.41, 5.74) is 0.347. The topological polar surface area (TPSA) is 94.6 Å². The number of rotatable bonds is 5. The van der Waals surface area contributed by atoms with Crippen molar-refractivity contribution < 1.29 is 23.9 Å². The molecule has 0 saturated carbocycles. The Labute approximate surface area is 142 Å². The zero-order chi connectivity index (χ0) is 17.5. The van der Waals surface area contributed by atoms with Crippen molar-refractivity contribution in [3.63, 3.8) is 0 Å². The minimum Gasteiger partial charge on any atom is -0.496 e. The number of aromatic nitrogens is 1. The average Bonchev–Trinajstić information content (AvgIpc) is 2.59. The molecular formula is C16H13ClN2O5. The van der Waals surface area contributed by atoms with E-state index in [0.717, 1.165) is 0 Å². The third-order valence-electron chi connectivity index (χ3n) is 2.90. The molecule has 0 unspecified atom stereocenters. The van der Waals surface area contributed by atoms with Gasteiger partial charge in [-0.25, -0.2) is 9.78 Å². The van der Waals surface area contributed by atoms with E-state index in [1.165, 1.54) is 31.5 Å². The molecule has 2 rings (SSSR count). The highest BCUT2D eigenvalue weighted by atomic mass is 35.5. The summed E-state index contributed by atoms with van der Waals surface area (Å²) >= 11 is 5.66. The van der Waals surface area contributed by atoms with Gasteiger partial charge in [0, 0.05) is 6.20 Å². The molecule has 0 saturated heterocycles. The number of nitrogens with one attached hydrogen (secondary N) is 1. The molecule has 0 atom stereocenters. The van der Waals surface area contributed by atoms with Gasteiger partial charge in [-0.15, -0.1) is 0 Å². The summed E-state index contributed by atoms with van der Waals surface area (Å²) < 4.78 is 9.86. The number of pyridine rings is 1. The fourth-order valence-electron chi connectivity index (χ4n) is 1.81. The summed E-state index contributed by atoms with van der Waals surface area (Å²) in [5.74, 6) is -1.84. The van der Waals surface area contributed by atoms with Crippen molar-refractivity contribution in [2.75, 3.05) is 13.7 Å². The van der Waals surface area contributed by atoms with Crippen LogP contribution in [0.2, 0.25) is 5.15 Å². The first-order valence-electron chi connectivity index (χ1n) is 6.77. The number of halogens is 1. The Morgan fingerprint density at radius 1 is 1.21 bits per heavy atom. The lowest BCUT2D eigenvalue weighted by Gasteiger charge is -2.08. The molecule has 2 amide bonds. The van der Waals surface area contributed by atoms with Crippen molar-refractivity contribution in [3.8, 4) is 5.75 Å². The number of imide groups is 1. The number of carbonyl (C=O) groups excluding carboxylic acids is 3. The lowest BCUT2D eigenvalue weighted by molar-refractivity contribution is -0.123. The lowest BCUT2D eigenvalue weighted by Crippen LogP contribution is -2.34. The summed E-state index contributed by atoms with van der Waals surface area (Å²) in [4.78, 5) is 39.2. The fraction of sp³-hybridized carbons (Fsp3) is 0.125. The largest absolute Gasteiger partial charge is 0.496 e. The van der Waals surface area contributed by atoms with E-state index < -0.39 is 24.4 Å². The highest BCUT2D eigenvalue weighted by molar-refractivity contribution is 6.29. The zero-order valence-corrected chi connectivity index (χ0v) is 13.4. The van der Waals surface area contributed by atoms with E-state index >= 15 is 0 Å². The first-order chi connectivity index (χ1) is 11.5. The molecule has 124 valence electrons. The first-order valence-corrected chi connectivity index (χ1v) is 7.15. The molecule has 1 N–H and O–H groups in total. The van der Waals surface area contributed by atoms with E-state index in [2.05, 4.69) is 10.3 Å². The van der Waals surface area contributed by atoms with Crippen LogP contribution in [0.4, 0.5) is 0 Å². The van der Waals surface area contributed by atoms with Crippen LogP contribution in [0.25, 0.3) is 0 Å². The number of hydrogen-bond donors (Lipinski definition) is 1. The molecule has 1 aromatic heterocycles. The molecule has 2 aromatic rings. The van der Waals surface area contributed by atoms with E-state index in [-0.39, 0.29) is 16.3 Å². The van der Waals surface area contributed by atoms with Crippen LogP contribution in [0.3, 0.4) is 0 Å². The lowest BCUT2D eigenvalue weighted by atomic mass is 10.2. The minimum absolute atomic E-state index is 0.125. The molecule has 0 aliphatic heterocycles. The smallest absolute Gasteiger partial charge is 0.338 e. The maximum atomic E-state index is 12.0. The molecule has 0 spiro atoms. The highest BCUT2D eigenvalue weighted by Gasteiger charge is 2.16. The van der Waals surface area contributed by atoms with Crippen molar-refractivity contribution in [1.29, 1.82) is 0 Å². The summed E-state index contributed by atoms with van der Waals surface area (Å²) in [5, 5.41) is 2.24. The number of ether oxygens (including phenoxy) is 2. The normalized spacial score (nSPS) is 9.92. The SMILES string of the molecule is COc1ccccc1C(=O)NC(=O)COC(=O)c1ccnc(Cl)c1. The van der Waals surface area contributed by atoms with Gasteiger partial charge in [-0.05, 0) is 24.3 Å². The van der Waals surface area contributed by atoms with Crippen LogP contribution in [0, 0.1) is 0 Å². The summed E-state index contributed by atoms with van der Waals surface area (Å²) in [7, 11) is 1.41. The standard InChI is InChI=1S/C16H13ClN2O5/c1-23-12-5-3-2-4-11(12)15(21)19-14(20)9-24-16(22)10-6-7-18-13(17)8-10/h2-8H,9H2,1H3,(H,19,20,21). The fourth-order valence-corrected chi connectivity index (χ4v) is 1.98. The van der Waals surface area contributed by atoms with Gasteiger partial charge in [-0.2, -0.15) is 0 Å². The van der Waals surface area contributed by atoms with Crippen LogP contribution in [-0.4, -0.2) is 36.5 Å². The summed E-state index contributed by atoms with van der Waals surface area (Å²) in [6.45, 7) is -0.611. The predicted octanol–water partition coefficient (Wildman–Crippen LogP) is 1.86. The molecule has 1 aromatic carbocycles. The maximum absolute atomic E-state index is 12.0. The maximum Gasteiger partial charge on any atom is 0.338 e. The van der Waals surface area contributed by atoms with E-state index in [1.807, 2.05) is 0 Å². The second-order valence-corrected chi connectivity index (χ2v) is 4.91. The Kier molecular flexibility index (Phi) is 5.86. The molecule has 0 radical (unpaired) electrons. The second kappa shape index (κ2) is 8.07. The van der Waals surface area contributed by atoms with Gasteiger partial charge >= 0.3 is 5.97 Å². The third-order valence-corrected chi connectivity index (χ3v) is 3.11.